The Morgan fingerprint density at radius 3 is 2.50 bits per heavy atom. The predicted octanol–water partition coefficient (Wildman–Crippen LogP) is 1.36. The Bertz CT molecular complexity index is 173. The fraction of sp³-hybridized carbons (Fsp3) is 0.667. The summed E-state index contributed by atoms with van der Waals surface area (Å²) < 4.78 is 0. The van der Waals surface area contributed by atoms with Crippen LogP contribution in [-0.2, 0) is 4.79 Å². The Morgan fingerprint density at radius 1 is 1.50 bits per heavy atom. The maximum Gasteiger partial charge on any atom is 0.330 e. The van der Waals surface area contributed by atoms with Crippen LogP contribution in [0, 0.1) is 0 Å². The van der Waals surface area contributed by atoms with Crippen LogP contribution >= 0.6 is 0 Å². The first-order valence-corrected chi connectivity index (χ1v) is 4.09. The number of rotatable bonds is 5. The monoisotopic (exact) mass is 171 g/mol. The van der Waals surface area contributed by atoms with E-state index in [1.54, 1.807) is 13.0 Å². The van der Waals surface area contributed by atoms with E-state index in [9.17, 15) is 4.79 Å². The molecule has 3 nitrogen and oxygen atoms in total. The molecule has 0 saturated heterocycles. The summed E-state index contributed by atoms with van der Waals surface area (Å²) >= 11 is 0. The minimum Gasteiger partial charge on any atom is -0.478 e. The van der Waals surface area contributed by atoms with Gasteiger partial charge in [0.1, 0.15) is 0 Å². The Labute approximate surface area is 73.7 Å². The van der Waals surface area contributed by atoms with E-state index in [1.165, 1.54) is 0 Å². The second-order valence-corrected chi connectivity index (χ2v) is 3.14. The highest BCUT2D eigenvalue weighted by molar-refractivity contribution is 5.85. The van der Waals surface area contributed by atoms with Gasteiger partial charge in [0.15, 0.2) is 0 Å². The SMILES string of the molecule is CC(=CCCCN(C)C)C(=O)O. The Balaban J connectivity index is 3.54. The summed E-state index contributed by atoms with van der Waals surface area (Å²) in [6.07, 6.45) is 3.62. The number of carboxylic acids is 1. The van der Waals surface area contributed by atoms with E-state index in [0.29, 0.717) is 5.57 Å². The van der Waals surface area contributed by atoms with Gasteiger partial charge < -0.3 is 10.0 Å². The summed E-state index contributed by atoms with van der Waals surface area (Å²) in [5.74, 6) is -0.820. The number of carbonyl (C=O) groups is 1. The van der Waals surface area contributed by atoms with Gasteiger partial charge >= 0.3 is 5.97 Å². The van der Waals surface area contributed by atoms with Crippen molar-refractivity contribution in [2.75, 3.05) is 20.6 Å². The van der Waals surface area contributed by atoms with Crippen molar-refractivity contribution in [3.8, 4) is 0 Å². The van der Waals surface area contributed by atoms with Crippen LogP contribution in [0.4, 0.5) is 0 Å². The average molecular weight is 171 g/mol. The lowest BCUT2D eigenvalue weighted by Gasteiger charge is -2.06. The standard InChI is InChI=1S/C9H17NO2/c1-8(9(11)12)6-4-5-7-10(2)3/h6H,4-5,7H2,1-3H3,(H,11,12). The van der Waals surface area contributed by atoms with E-state index in [2.05, 4.69) is 4.90 Å². The third-order valence-corrected chi connectivity index (χ3v) is 1.60. The second kappa shape index (κ2) is 5.77. The molecule has 0 rings (SSSR count). The highest BCUT2D eigenvalue weighted by Crippen LogP contribution is 1.98. The Hall–Kier alpha value is -0.830. The van der Waals surface area contributed by atoms with E-state index in [4.69, 9.17) is 5.11 Å². The van der Waals surface area contributed by atoms with Crippen LogP contribution in [0.5, 0.6) is 0 Å². The molecule has 12 heavy (non-hydrogen) atoms. The topological polar surface area (TPSA) is 40.5 Å². The molecule has 0 aromatic rings. The zero-order valence-electron chi connectivity index (χ0n) is 8.00. The molecular weight excluding hydrogens is 154 g/mol. The van der Waals surface area contributed by atoms with E-state index in [0.717, 1.165) is 19.4 Å². The fourth-order valence-electron chi connectivity index (χ4n) is 0.813. The molecule has 0 aromatic heterocycles. The zero-order valence-corrected chi connectivity index (χ0v) is 8.00. The smallest absolute Gasteiger partial charge is 0.330 e. The maximum atomic E-state index is 10.3. The molecule has 0 unspecified atom stereocenters. The molecule has 0 saturated carbocycles. The van der Waals surface area contributed by atoms with Gasteiger partial charge in [-0.1, -0.05) is 6.08 Å². The van der Waals surface area contributed by atoms with Gasteiger partial charge in [-0.05, 0) is 40.4 Å². The molecule has 3 heteroatoms. The molecule has 1 N–H and O–H groups in total. The van der Waals surface area contributed by atoms with Crippen molar-refractivity contribution in [1.82, 2.24) is 4.90 Å². The van der Waals surface area contributed by atoms with Gasteiger partial charge in [-0.15, -0.1) is 0 Å². The molecule has 0 fully saturated rings. The summed E-state index contributed by atoms with van der Waals surface area (Å²) in [4.78, 5) is 12.4. The van der Waals surface area contributed by atoms with Crippen LogP contribution in [0.3, 0.4) is 0 Å². The van der Waals surface area contributed by atoms with Gasteiger partial charge in [0.05, 0.1) is 0 Å². The van der Waals surface area contributed by atoms with Crippen LogP contribution < -0.4 is 0 Å². The summed E-state index contributed by atoms with van der Waals surface area (Å²) in [5.41, 5.74) is 0.439. The van der Waals surface area contributed by atoms with Gasteiger partial charge in [0.2, 0.25) is 0 Å². The van der Waals surface area contributed by atoms with Crippen molar-refractivity contribution in [3.63, 3.8) is 0 Å². The zero-order chi connectivity index (χ0) is 9.56. The predicted molar refractivity (Wildman–Crippen MR) is 49.2 cm³/mol. The molecule has 0 atom stereocenters. The Kier molecular flexibility index (Phi) is 5.37. The van der Waals surface area contributed by atoms with Crippen molar-refractivity contribution in [2.45, 2.75) is 19.8 Å². The first kappa shape index (κ1) is 11.2. The first-order chi connectivity index (χ1) is 5.54. The second-order valence-electron chi connectivity index (χ2n) is 3.14. The number of nitrogens with zero attached hydrogens (tertiary/aromatic N) is 1. The van der Waals surface area contributed by atoms with Crippen molar-refractivity contribution in [3.05, 3.63) is 11.6 Å². The molecule has 0 bridgehead atoms. The molecular formula is C9H17NO2. The van der Waals surface area contributed by atoms with Crippen molar-refractivity contribution in [2.24, 2.45) is 0 Å². The third kappa shape index (κ3) is 5.92. The number of hydrogen-bond acceptors (Lipinski definition) is 2. The van der Waals surface area contributed by atoms with Gasteiger partial charge in [-0.2, -0.15) is 0 Å². The van der Waals surface area contributed by atoms with Crippen LogP contribution in [0.1, 0.15) is 19.8 Å². The van der Waals surface area contributed by atoms with Crippen LogP contribution in [0.2, 0.25) is 0 Å². The van der Waals surface area contributed by atoms with Crippen molar-refractivity contribution in [1.29, 1.82) is 0 Å². The summed E-state index contributed by atoms with van der Waals surface area (Å²) in [7, 11) is 4.02. The third-order valence-electron chi connectivity index (χ3n) is 1.60. The fourth-order valence-corrected chi connectivity index (χ4v) is 0.813. The largest absolute Gasteiger partial charge is 0.478 e. The van der Waals surface area contributed by atoms with E-state index in [-0.39, 0.29) is 0 Å². The summed E-state index contributed by atoms with van der Waals surface area (Å²) in [5, 5.41) is 8.51. The first-order valence-electron chi connectivity index (χ1n) is 4.09. The number of hydrogen-bond donors (Lipinski definition) is 1. The van der Waals surface area contributed by atoms with Gasteiger partial charge in [-0.3, -0.25) is 0 Å². The molecule has 0 heterocycles. The maximum absolute atomic E-state index is 10.3. The number of aliphatic carboxylic acids is 1. The molecule has 0 radical (unpaired) electrons. The molecule has 0 spiro atoms. The van der Waals surface area contributed by atoms with Gasteiger partial charge in [0.25, 0.3) is 0 Å². The summed E-state index contributed by atoms with van der Waals surface area (Å²) in [6, 6.07) is 0. The minimum atomic E-state index is -0.820. The number of allylic oxidation sites excluding steroid dienone is 1. The number of unbranched alkanes of at least 4 members (excludes halogenated alkanes) is 1. The molecule has 0 amide bonds. The number of carboxylic acid groups (broad SMARTS) is 1. The van der Waals surface area contributed by atoms with Crippen LogP contribution in [-0.4, -0.2) is 36.6 Å². The quantitative estimate of drug-likeness (QED) is 0.501. The van der Waals surface area contributed by atoms with E-state index in [1.807, 2.05) is 14.1 Å². The molecule has 0 aliphatic carbocycles. The lowest BCUT2D eigenvalue weighted by molar-refractivity contribution is -0.132. The van der Waals surface area contributed by atoms with Crippen molar-refractivity contribution >= 4 is 5.97 Å². The van der Waals surface area contributed by atoms with Crippen molar-refractivity contribution < 1.29 is 9.90 Å². The van der Waals surface area contributed by atoms with Crippen LogP contribution in [0.15, 0.2) is 11.6 Å². The normalized spacial score (nSPS) is 12.2. The Morgan fingerprint density at radius 2 is 2.08 bits per heavy atom. The highest BCUT2D eigenvalue weighted by Gasteiger charge is 1.97. The van der Waals surface area contributed by atoms with Gasteiger partial charge in [-0.25, -0.2) is 4.79 Å². The lowest BCUT2D eigenvalue weighted by Crippen LogP contribution is -2.12. The summed E-state index contributed by atoms with van der Waals surface area (Å²) in [6.45, 7) is 2.63. The van der Waals surface area contributed by atoms with E-state index >= 15 is 0 Å². The van der Waals surface area contributed by atoms with Gasteiger partial charge in [0, 0.05) is 5.57 Å². The minimum absolute atomic E-state index is 0.439. The lowest BCUT2D eigenvalue weighted by atomic mass is 10.2. The molecule has 0 aliphatic heterocycles. The molecule has 0 aromatic carbocycles. The highest BCUT2D eigenvalue weighted by atomic mass is 16.4. The van der Waals surface area contributed by atoms with Crippen LogP contribution in [0.25, 0.3) is 0 Å². The molecule has 0 aliphatic rings. The van der Waals surface area contributed by atoms with E-state index < -0.39 is 5.97 Å². The molecule has 70 valence electrons. The average Bonchev–Trinajstić information content (AvgIpc) is 1.97.